The van der Waals surface area contributed by atoms with Crippen LogP contribution in [0.4, 0.5) is 5.69 Å². The van der Waals surface area contributed by atoms with Gasteiger partial charge in [0, 0.05) is 44.6 Å². The van der Waals surface area contributed by atoms with Gasteiger partial charge >= 0.3 is 0 Å². The third kappa shape index (κ3) is 3.57. The predicted octanol–water partition coefficient (Wildman–Crippen LogP) is 3.17. The van der Waals surface area contributed by atoms with E-state index in [1.165, 1.54) is 0 Å². The summed E-state index contributed by atoms with van der Waals surface area (Å²) >= 11 is 0. The molecular weight excluding hydrogens is 320 g/mol. The Hall–Kier alpha value is -2.24. The van der Waals surface area contributed by atoms with Crippen LogP contribution in [0.25, 0.3) is 0 Å². The van der Waals surface area contributed by atoms with E-state index in [2.05, 4.69) is 19.2 Å². The zero-order valence-corrected chi connectivity index (χ0v) is 15.3. The molecule has 0 spiro atoms. The van der Waals surface area contributed by atoms with E-state index in [0.717, 1.165) is 12.8 Å². The average Bonchev–Trinajstić information content (AvgIpc) is 3.07. The van der Waals surface area contributed by atoms with Crippen molar-refractivity contribution in [3.63, 3.8) is 0 Å². The van der Waals surface area contributed by atoms with Crippen LogP contribution in [0.2, 0.25) is 0 Å². The lowest BCUT2D eigenvalue weighted by molar-refractivity contribution is -0.130. The van der Waals surface area contributed by atoms with Gasteiger partial charge in [-0.2, -0.15) is 0 Å². The number of carbonyl (C=O) groups excluding carboxylic acids is 2. The molecule has 136 valence electrons. The second-order valence-corrected chi connectivity index (χ2v) is 7.17. The van der Waals surface area contributed by atoms with Crippen molar-refractivity contribution in [2.75, 3.05) is 11.9 Å². The van der Waals surface area contributed by atoms with Crippen molar-refractivity contribution in [1.82, 2.24) is 4.90 Å². The number of rotatable bonds is 5. The first-order chi connectivity index (χ1) is 11.8. The van der Waals surface area contributed by atoms with E-state index in [9.17, 15) is 9.59 Å². The molecule has 3 rings (SSSR count). The third-order valence-corrected chi connectivity index (χ3v) is 4.84. The van der Waals surface area contributed by atoms with Crippen LogP contribution in [0.5, 0.6) is 11.5 Å². The molecule has 6 nitrogen and oxygen atoms in total. The van der Waals surface area contributed by atoms with E-state index >= 15 is 0 Å². The first-order valence-electron chi connectivity index (χ1n) is 8.95. The minimum atomic E-state index is -0.696. The molecule has 2 aliphatic heterocycles. The minimum absolute atomic E-state index is 0.0706. The molecule has 0 saturated carbocycles. The topological polar surface area (TPSA) is 67.9 Å². The zero-order valence-electron chi connectivity index (χ0n) is 15.3. The number of nitrogens with zero attached hydrogens (tertiary/aromatic N) is 1. The largest absolute Gasteiger partial charge is 0.449 e. The Morgan fingerprint density at radius 1 is 1.28 bits per heavy atom. The van der Waals surface area contributed by atoms with Gasteiger partial charge in [-0.1, -0.05) is 13.8 Å². The summed E-state index contributed by atoms with van der Waals surface area (Å²) in [6, 6.07) is 5.56. The van der Waals surface area contributed by atoms with Crippen molar-refractivity contribution in [3.8, 4) is 11.5 Å². The zero-order chi connectivity index (χ0) is 18.2. The molecule has 0 aliphatic carbocycles. The summed E-state index contributed by atoms with van der Waals surface area (Å²) in [5.41, 5.74) is 0.651. The van der Waals surface area contributed by atoms with Gasteiger partial charge < -0.3 is 19.7 Å². The van der Waals surface area contributed by atoms with Crippen LogP contribution in [0.3, 0.4) is 0 Å². The Kier molecular flexibility index (Phi) is 4.62. The van der Waals surface area contributed by atoms with Crippen molar-refractivity contribution in [2.45, 2.75) is 58.8 Å². The summed E-state index contributed by atoms with van der Waals surface area (Å²) in [5, 5.41) is 2.90. The standard InChI is InChI=1S/C19H26N2O4/c1-5-14(6-2)21-11-12(9-17(21)22)18(23)20-13-7-8-15-16(10-13)25-19(3,4)24-15/h7-8,10,12,14H,5-6,9,11H2,1-4H3,(H,20,23). The number of hydrogen-bond acceptors (Lipinski definition) is 4. The summed E-state index contributed by atoms with van der Waals surface area (Å²) < 4.78 is 11.3. The second kappa shape index (κ2) is 6.58. The highest BCUT2D eigenvalue weighted by atomic mass is 16.7. The van der Waals surface area contributed by atoms with E-state index < -0.39 is 5.79 Å². The van der Waals surface area contributed by atoms with Gasteiger partial charge in [-0.05, 0) is 25.0 Å². The van der Waals surface area contributed by atoms with Crippen LogP contribution in [0.1, 0.15) is 47.0 Å². The highest BCUT2D eigenvalue weighted by molar-refractivity contribution is 5.97. The fourth-order valence-electron chi connectivity index (χ4n) is 3.53. The molecule has 6 heteroatoms. The maximum absolute atomic E-state index is 12.6. The molecule has 1 N–H and O–H groups in total. The lowest BCUT2D eigenvalue weighted by Gasteiger charge is -2.26. The van der Waals surface area contributed by atoms with Crippen LogP contribution < -0.4 is 14.8 Å². The van der Waals surface area contributed by atoms with E-state index in [1.807, 2.05) is 18.7 Å². The maximum atomic E-state index is 12.6. The van der Waals surface area contributed by atoms with E-state index in [0.29, 0.717) is 23.7 Å². The highest BCUT2D eigenvalue weighted by Gasteiger charge is 2.37. The number of benzene rings is 1. The number of anilines is 1. The maximum Gasteiger partial charge on any atom is 0.246 e. The van der Waals surface area contributed by atoms with Crippen molar-refractivity contribution < 1.29 is 19.1 Å². The average molecular weight is 346 g/mol. The SMILES string of the molecule is CCC(CC)N1CC(C(=O)Nc2ccc3c(c2)OC(C)(C)O3)CC1=O. The lowest BCUT2D eigenvalue weighted by atomic mass is 10.1. The van der Waals surface area contributed by atoms with Crippen molar-refractivity contribution in [3.05, 3.63) is 18.2 Å². The number of ether oxygens (including phenoxy) is 2. The van der Waals surface area contributed by atoms with Gasteiger partial charge in [-0.3, -0.25) is 9.59 Å². The summed E-state index contributed by atoms with van der Waals surface area (Å²) in [4.78, 5) is 26.7. The fraction of sp³-hybridized carbons (Fsp3) is 0.579. The highest BCUT2D eigenvalue weighted by Crippen LogP contribution is 2.40. The first-order valence-corrected chi connectivity index (χ1v) is 8.95. The lowest BCUT2D eigenvalue weighted by Crippen LogP contribution is -2.36. The van der Waals surface area contributed by atoms with Crippen molar-refractivity contribution in [2.24, 2.45) is 5.92 Å². The van der Waals surface area contributed by atoms with E-state index in [-0.39, 0.29) is 30.2 Å². The molecule has 1 fully saturated rings. The van der Waals surface area contributed by atoms with Gasteiger partial charge in [0.25, 0.3) is 0 Å². The van der Waals surface area contributed by atoms with Crippen molar-refractivity contribution >= 4 is 17.5 Å². The fourth-order valence-corrected chi connectivity index (χ4v) is 3.53. The Morgan fingerprint density at radius 3 is 2.64 bits per heavy atom. The summed E-state index contributed by atoms with van der Waals surface area (Å²) in [6.07, 6.45) is 2.10. The van der Waals surface area contributed by atoms with Crippen LogP contribution in [-0.2, 0) is 9.59 Å². The van der Waals surface area contributed by atoms with Crippen LogP contribution in [-0.4, -0.2) is 35.1 Å². The number of amides is 2. The summed E-state index contributed by atoms with van der Waals surface area (Å²) in [7, 11) is 0. The van der Waals surface area contributed by atoms with E-state index in [1.54, 1.807) is 18.2 Å². The molecule has 2 amide bonds. The first kappa shape index (κ1) is 17.6. The smallest absolute Gasteiger partial charge is 0.246 e. The van der Waals surface area contributed by atoms with Gasteiger partial charge in [-0.15, -0.1) is 0 Å². The van der Waals surface area contributed by atoms with Gasteiger partial charge in [0.15, 0.2) is 11.5 Å². The Morgan fingerprint density at radius 2 is 1.96 bits per heavy atom. The predicted molar refractivity (Wildman–Crippen MR) is 94.6 cm³/mol. The quantitative estimate of drug-likeness (QED) is 0.889. The van der Waals surface area contributed by atoms with E-state index in [4.69, 9.17) is 9.47 Å². The number of hydrogen-bond donors (Lipinski definition) is 1. The molecule has 0 radical (unpaired) electrons. The van der Waals surface area contributed by atoms with Crippen LogP contribution in [0.15, 0.2) is 18.2 Å². The molecule has 1 unspecified atom stereocenters. The van der Waals surface area contributed by atoms with Crippen LogP contribution >= 0.6 is 0 Å². The molecule has 1 aromatic rings. The van der Waals surface area contributed by atoms with Gasteiger partial charge in [0.05, 0.1) is 5.92 Å². The Bertz CT molecular complexity index is 682. The molecule has 1 atom stereocenters. The summed E-state index contributed by atoms with van der Waals surface area (Å²) in [6.45, 7) is 8.31. The number of nitrogens with one attached hydrogen (secondary N) is 1. The molecule has 2 heterocycles. The van der Waals surface area contributed by atoms with Crippen molar-refractivity contribution in [1.29, 1.82) is 0 Å². The Balaban J connectivity index is 1.65. The molecule has 1 saturated heterocycles. The molecule has 0 bridgehead atoms. The van der Waals surface area contributed by atoms with Gasteiger partial charge in [0.2, 0.25) is 17.6 Å². The molecule has 2 aliphatic rings. The minimum Gasteiger partial charge on any atom is -0.449 e. The number of carbonyl (C=O) groups is 2. The molecule has 25 heavy (non-hydrogen) atoms. The third-order valence-electron chi connectivity index (χ3n) is 4.84. The molecule has 1 aromatic carbocycles. The van der Waals surface area contributed by atoms with Gasteiger partial charge in [-0.25, -0.2) is 0 Å². The number of fused-ring (bicyclic) bond motifs is 1. The molecular formula is C19H26N2O4. The second-order valence-electron chi connectivity index (χ2n) is 7.17. The Labute approximate surface area is 148 Å². The van der Waals surface area contributed by atoms with Gasteiger partial charge in [0.1, 0.15) is 0 Å². The summed E-state index contributed by atoms with van der Waals surface area (Å²) in [5.74, 6) is 0.220. The number of likely N-dealkylation sites (tertiary alicyclic amines) is 1. The molecule has 0 aromatic heterocycles. The van der Waals surface area contributed by atoms with Crippen LogP contribution in [0, 0.1) is 5.92 Å². The normalized spacial score (nSPS) is 21.1. The monoisotopic (exact) mass is 346 g/mol.